The largest absolute Gasteiger partial charge is 0.356 e. The number of carbonyl (C=O) groups is 2. The third kappa shape index (κ3) is 6.83. The van der Waals surface area contributed by atoms with Gasteiger partial charge in [-0.2, -0.15) is 0 Å². The van der Waals surface area contributed by atoms with Crippen molar-refractivity contribution in [2.45, 2.75) is 32.4 Å². The fourth-order valence-corrected chi connectivity index (χ4v) is 4.86. The second kappa shape index (κ2) is 12.9. The molecule has 0 aliphatic rings. The zero-order valence-corrected chi connectivity index (χ0v) is 22.8. The first kappa shape index (κ1) is 26.9. The van der Waals surface area contributed by atoms with E-state index in [1.165, 1.54) is 0 Å². The maximum atomic E-state index is 13.1. The Labute approximate surface area is 235 Å². The van der Waals surface area contributed by atoms with Gasteiger partial charge in [-0.3, -0.25) is 9.59 Å². The highest BCUT2D eigenvalue weighted by Gasteiger charge is 2.16. The van der Waals surface area contributed by atoms with Gasteiger partial charge in [-0.1, -0.05) is 97.1 Å². The Morgan fingerprint density at radius 2 is 1.43 bits per heavy atom. The summed E-state index contributed by atoms with van der Waals surface area (Å²) in [6.07, 6.45) is 1.74. The molecule has 0 saturated heterocycles. The van der Waals surface area contributed by atoms with Crippen molar-refractivity contribution in [1.82, 2.24) is 19.8 Å². The predicted octanol–water partition coefficient (Wildman–Crippen LogP) is 5.65. The van der Waals surface area contributed by atoms with Crippen molar-refractivity contribution in [3.8, 4) is 11.1 Å². The van der Waals surface area contributed by atoms with Gasteiger partial charge in [-0.25, -0.2) is 4.98 Å². The third-order valence-electron chi connectivity index (χ3n) is 7.04. The van der Waals surface area contributed by atoms with Crippen molar-refractivity contribution in [3.63, 3.8) is 0 Å². The Bertz CT molecular complexity index is 1560. The van der Waals surface area contributed by atoms with Gasteiger partial charge in [0.05, 0.1) is 17.5 Å². The Balaban J connectivity index is 1.15. The quantitative estimate of drug-likeness (QED) is 0.224. The second-order valence-electron chi connectivity index (χ2n) is 10.0. The Morgan fingerprint density at radius 1 is 0.775 bits per heavy atom. The number of hydrogen-bond donors (Lipinski definition) is 1. The average Bonchev–Trinajstić information content (AvgIpc) is 3.33. The molecule has 6 heteroatoms. The van der Waals surface area contributed by atoms with Crippen LogP contribution in [0.4, 0.5) is 0 Å². The highest BCUT2D eigenvalue weighted by Crippen LogP contribution is 2.20. The van der Waals surface area contributed by atoms with Crippen LogP contribution in [0, 0.1) is 0 Å². The van der Waals surface area contributed by atoms with Gasteiger partial charge >= 0.3 is 0 Å². The zero-order valence-electron chi connectivity index (χ0n) is 22.8. The summed E-state index contributed by atoms with van der Waals surface area (Å²) in [7, 11) is 1.83. The van der Waals surface area contributed by atoms with Gasteiger partial charge in [-0.15, -0.1) is 0 Å². The molecule has 2 amide bonds. The highest BCUT2D eigenvalue weighted by molar-refractivity contribution is 5.81. The second-order valence-corrected chi connectivity index (χ2v) is 10.0. The molecule has 0 atom stereocenters. The standard InChI is InChI=1S/C34H34N4O2/c1-37(24-27-11-4-2-5-12-27)34(40)25-38-31-16-9-8-15-30(31)36-32(38)17-10-22-35-33(39)23-26-18-20-29(21-19-26)28-13-6-3-7-14-28/h2-9,11-16,18-21H,10,17,22-25H2,1H3,(H,35,39). The minimum atomic E-state index is -0.00122. The van der Waals surface area contributed by atoms with Crippen molar-refractivity contribution in [2.75, 3.05) is 13.6 Å². The van der Waals surface area contributed by atoms with Crippen LogP contribution in [0.2, 0.25) is 0 Å². The van der Waals surface area contributed by atoms with Crippen LogP contribution in [-0.2, 0) is 35.5 Å². The lowest BCUT2D eigenvalue weighted by atomic mass is 10.0. The van der Waals surface area contributed by atoms with Gasteiger partial charge in [-0.05, 0) is 40.8 Å². The number of imidazole rings is 1. The summed E-state index contributed by atoms with van der Waals surface area (Å²) in [5.41, 5.74) is 6.20. The van der Waals surface area contributed by atoms with Gasteiger partial charge < -0.3 is 14.8 Å². The first-order valence-electron chi connectivity index (χ1n) is 13.7. The number of likely N-dealkylation sites (N-methyl/N-ethyl adjacent to an activating group) is 1. The molecule has 5 aromatic rings. The molecule has 40 heavy (non-hydrogen) atoms. The number of nitrogens with zero attached hydrogens (tertiary/aromatic N) is 3. The van der Waals surface area contributed by atoms with Crippen LogP contribution in [-0.4, -0.2) is 39.9 Å². The van der Waals surface area contributed by atoms with Gasteiger partial charge in [0.25, 0.3) is 0 Å². The van der Waals surface area contributed by atoms with E-state index in [-0.39, 0.29) is 18.4 Å². The first-order chi connectivity index (χ1) is 19.6. The zero-order chi connectivity index (χ0) is 27.7. The molecule has 5 rings (SSSR count). The molecular weight excluding hydrogens is 496 g/mol. The fourth-order valence-electron chi connectivity index (χ4n) is 4.86. The summed E-state index contributed by atoms with van der Waals surface area (Å²) in [5, 5.41) is 3.04. The molecule has 6 nitrogen and oxygen atoms in total. The predicted molar refractivity (Wildman–Crippen MR) is 160 cm³/mol. The molecule has 4 aromatic carbocycles. The number of rotatable bonds is 11. The number of nitrogens with one attached hydrogen (secondary N) is 1. The van der Waals surface area contributed by atoms with Crippen LogP contribution in [0.5, 0.6) is 0 Å². The molecule has 1 N–H and O–H groups in total. The minimum absolute atomic E-state index is 0.00122. The van der Waals surface area contributed by atoms with E-state index in [1.54, 1.807) is 4.90 Å². The normalized spacial score (nSPS) is 10.9. The van der Waals surface area contributed by atoms with E-state index in [1.807, 2.05) is 96.5 Å². The monoisotopic (exact) mass is 530 g/mol. The van der Waals surface area contributed by atoms with Crippen LogP contribution in [0.15, 0.2) is 109 Å². The van der Waals surface area contributed by atoms with Crippen molar-refractivity contribution in [1.29, 1.82) is 0 Å². The maximum absolute atomic E-state index is 13.1. The summed E-state index contributed by atoms with van der Waals surface area (Å²) in [6.45, 7) is 1.33. The molecule has 0 saturated carbocycles. The van der Waals surface area contributed by atoms with Crippen LogP contribution < -0.4 is 5.32 Å². The number of amides is 2. The van der Waals surface area contributed by atoms with E-state index in [0.29, 0.717) is 25.9 Å². The molecule has 0 bridgehead atoms. The van der Waals surface area contributed by atoms with E-state index in [4.69, 9.17) is 4.98 Å². The Hall–Kier alpha value is -4.71. The lowest BCUT2D eigenvalue weighted by molar-refractivity contribution is -0.131. The van der Waals surface area contributed by atoms with E-state index in [9.17, 15) is 9.59 Å². The van der Waals surface area contributed by atoms with Crippen molar-refractivity contribution in [3.05, 3.63) is 126 Å². The van der Waals surface area contributed by atoms with Crippen LogP contribution in [0.1, 0.15) is 23.4 Å². The van der Waals surface area contributed by atoms with E-state index < -0.39 is 0 Å². The first-order valence-corrected chi connectivity index (χ1v) is 13.7. The summed E-state index contributed by atoms with van der Waals surface area (Å²) < 4.78 is 2.01. The SMILES string of the molecule is CN(Cc1ccccc1)C(=O)Cn1c(CCCNC(=O)Cc2ccc(-c3ccccc3)cc2)nc2ccccc21. The molecule has 0 aliphatic heterocycles. The van der Waals surface area contributed by atoms with Crippen LogP contribution >= 0.6 is 0 Å². The average molecular weight is 531 g/mol. The fraction of sp³-hybridized carbons (Fsp3) is 0.206. The topological polar surface area (TPSA) is 67.2 Å². The van der Waals surface area contributed by atoms with Gasteiger partial charge in [0.2, 0.25) is 11.8 Å². The minimum Gasteiger partial charge on any atom is -0.356 e. The summed E-state index contributed by atoms with van der Waals surface area (Å²) in [5.74, 6) is 0.881. The summed E-state index contributed by atoms with van der Waals surface area (Å²) in [6, 6.07) is 36.2. The molecule has 0 unspecified atom stereocenters. The number of aryl methyl sites for hydroxylation is 1. The molecule has 1 aromatic heterocycles. The van der Waals surface area contributed by atoms with Crippen LogP contribution in [0.3, 0.4) is 0 Å². The van der Waals surface area contributed by atoms with Crippen LogP contribution in [0.25, 0.3) is 22.2 Å². The summed E-state index contributed by atoms with van der Waals surface area (Å²) in [4.78, 5) is 32.3. The molecular formula is C34H34N4O2. The van der Waals surface area contributed by atoms with Gasteiger partial charge in [0.1, 0.15) is 12.4 Å². The van der Waals surface area contributed by atoms with Gasteiger partial charge in [0.15, 0.2) is 0 Å². The number of carbonyl (C=O) groups excluding carboxylic acids is 2. The molecule has 202 valence electrons. The molecule has 0 spiro atoms. The van der Waals surface area contributed by atoms with Crippen molar-refractivity contribution < 1.29 is 9.59 Å². The molecule has 0 aliphatic carbocycles. The summed E-state index contributed by atoms with van der Waals surface area (Å²) >= 11 is 0. The Morgan fingerprint density at radius 3 is 2.17 bits per heavy atom. The number of para-hydroxylation sites is 2. The Kier molecular flexibility index (Phi) is 8.66. The number of hydrogen-bond acceptors (Lipinski definition) is 3. The van der Waals surface area contributed by atoms with E-state index in [0.717, 1.165) is 45.5 Å². The third-order valence-corrected chi connectivity index (χ3v) is 7.04. The lowest BCUT2D eigenvalue weighted by Crippen LogP contribution is -2.30. The number of aromatic nitrogens is 2. The highest BCUT2D eigenvalue weighted by atomic mass is 16.2. The number of fused-ring (bicyclic) bond motifs is 1. The molecule has 1 heterocycles. The smallest absolute Gasteiger partial charge is 0.242 e. The maximum Gasteiger partial charge on any atom is 0.242 e. The van der Waals surface area contributed by atoms with Crippen molar-refractivity contribution in [2.24, 2.45) is 0 Å². The molecule has 0 fully saturated rings. The lowest BCUT2D eigenvalue weighted by Gasteiger charge is -2.19. The van der Waals surface area contributed by atoms with Crippen molar-refractivity contribution >= 4 is 22.8 Å². The van der Waals surface area contributed by atoms with Gasteiger partial charge in [0, 0.05) is 26.6 Å². The van der Waals surface area contributed by atoms with E-state index >= 15 is 0 Å². The van der Waals surface area contributed by atoms with E-state index in [2.05, 4.69) is 29.6 Å². The molecule has 0 radical (unpaired) electrons. The number of benzene rings is 4.